The van der Waals surface area contributed by atoms with Crippen molar-refractivity contribution in [3.05, 3.63) is 63.9 Å². The minimum atomic E-state index is -4.47. The zero-order valence-electron chi connectivity index (χ0n) is 15.0. The summed E-state index contributed by atoms with van der Waals surface area (Å²) in [6.07, 6.45) is -5.89. The van der Waals surface area contributed by atoms with Crippen molar-refractivity contribution in [2.45, 2.75) is 24.8 Å². The summed E-state index contributed by atoms with van der Waals surface area (Å²) in [5.41, 5.74) is 4.85. The van der Waals surface area contributed by atoms with Gasteiger partial charge in [-0.15, -0.1) is 0 Å². The molecule has 1 heterocycles. The Balaban J connectivity index is 1.83. The van der Waals surface area contributed by atoms with E-state index in [1.165, 1.54) is 18.2 Å². The number of hydrazine groups is 1. The average molecular weight is 464 g/mol. The molecule has 0 spiro atoms. The summed E-state index contributed by atoms with van der Waals surface area (Å²) >= 11 is 11.7. The summed E-state index contributed by atoms with van der Waals surface area (Å²) in [5, 5.41) is 5.52. The van der Waals surface area contributed by atoms with Gasteiger partial charge in [0.15, 0.2) is 0 Å². The molecule has 1 aliphatic rings. The first-order valence-corrected chi connectivity index (χ1v) is 9.31. The first-order chi connectivity index (χ1) is 14.1. The molecule has 2 aromatic rings. The highest BCUT2D eigenvalue weighted by Gasteiger charge is 2.44. The van der Waals surface area contributed by atoms with E-state index in [9.17, 15) is 22.4 Å². The Morgan fingerprint density at radius 3 is 2.50 bits per heavy atom. The van der Waals surface area contributed by atoms with Crippen molar-refractivity contribution in [2.24, 2.45) is 4.99 Å². The summed E-state index contributed by atoms with van der Waals surface area (Å²) < 4.78 is 52.2. The van der Waals surface area contributed by atoms with Gasteiger partial charge < -0.3 is 5.32 Å². The highest BCUT2D eigenvalue weighted by molar-refractivity contribution is 6.31. The highest BCUT2D eigenvalue weighted by Crippen LogP contribution is 2.26. The molecule has 1 saturated heterocycles. The molecule has 0 aliphatic carbocycles. The molecule has 4 N–H and O–H groups in total. The van der Waals surface area contributed by atoms with Crippen LogP contribution in [-0.2, 0) is 0 Å². The highest BCUT2D eigenvalue weighted by atomic mass is 35.5. The summed E-state index contributed by atoms with van der Waals surface area (Å²) in [6.45, 7) is 0. The normalized spacial score (nSPS) is 19.6. The minimum absolute atomic E-state index is 0.0795. The molecule has 2 aromatic carbocycles. The number of halogens is 6. The molecule has 0 saturated carbocycles. The van der Waals surface area contributed by atoms with Crippen LogP contribution in [0.15, 0.2) is 47.5 Å². The maximum absolute atomic E-state index is 13.6. The molecule has 3 rings (SSSR count). The molecule has 30 heavy (non-hydrogen) atoms. The van der Waals surface area contributed by atoms with Gasteiger partial charge in [0.1, 0.15) is 18.0 Å². The SMILES string of the molecule is O=C(N/C(=N/C1CC(C(F)(F)F)NN1)Nc1cc(F)cc(Cl)c1)c1cccc(Cl)c1. The molecular weight excluding hydrogens is 449 g/mol. The molecule has 1 aliphatic heterocycles. The zero-order valence-corrected chi connectivity index (χ0v) is 16.5. The second-order valence-electron chi connectivity index (χ2n) is 6.36. The second kappa shape index (κ2) is 9.17. The van der Waals surface area contributed by atoms with Crippen molar-refractivity contribution < 1.29 is 22.4 Å². The van der Waals surface area contributed by atoms with E-state index in [0.29, 0.717) is 5.02 Å². The Morgan fingerprint density at radius 1 is 1.10 bits per heavy atom. The third kappa shape index (κ3) is 6.05. The van der Waals surface area contributed by atoms with E-state index in [2.05, 4.69) is 26.5 Å². The van der Waals surface area contributed by atoms with Crippen LogP contribution in [0.1, 0.15) is 16.8 Å². The fourth-order valence-corrected chi connectivity index (χ4v) is 3.07. The molecule has 2 unspecified atom stereocenters. The monoisotopic (exact) mass is 463 g/mol. The second-order valence-corrected chi connectivity index (χ2v) is 7.23. The molecule has 2 atom stereocenters. The third-order valence-corrected chi connectivity index (χ3v) is 4.46. The van der Waals surface area contributed by atoms with Crippen molar-refractivity contribution in [3.8, 4) is 0 Å². The summed E-state index contributed by atoms with van der Waals surface area (Å²) in [4.78, 5) is 16.6. The molecule has 1 amide bonds. The van der Waals surface area contributed by atoms with Crippen molar-refractivity contribution >= 4 is 40.8 Å². The number of carbonyl (C=O) groups is 1. The Bertz CT molecular complexity index is 950. The van der Waals surface area contributed by atoms with Gasteiger partial charge in [-0.3, -0.25) is 10.1 Å². The third-order valence-electron chi connectivity index (χ3n) is 4.01. The van der Waals surface area contributed by atoms with E-state index in [4.69, 9.17) is 23.2 Å². The molecule has 0 aromatic heterocycles. The summed E-state index contributed by atoms with van der Waals surface area (Å²) in [5.74, 6) is -1.48. The largest absolute Gasteiger partial charge is 0.405 e. The summed E-state index contributed by atoms with van der Waals surface area (Å²) in [7, 11) is 0. The topological polar surface area (TPSA) is 77.5 Å². The van der Waals surface area contributed by atoms with Crippen molar-refractivity contribution in [1.82, 2.24) is 16.2 Å². The fourth-order valence-electron chi connectivity index (χ4n) is 2.66. The van der Waals surface area contributed by atoms with Crippen LogP contribution in [0.3, 0.4) is 0 Å². The maximum atomic E-state index is 13.6. The van der Waals surface area contributed by atoms with Crippen LogP contribution in [0.5, 0.6) is 0 Å². The van der Waals surface area contributed by atoms with Gasteiger partial charge in [0.05, 0.1) is 0 Å². The van der Waals surface area contributed by atoms with Gasteiger partial charge in [0.25, 0.3) is 5.91 Å². The van der Waals surface area contributed by atoms with E-state index in [-0.39, 0.29) is 22.2 Å². The minimum Gasteiger partial charge on any atom is -0.326 e. The van der Waals surface area contributed by atoms with Crippen LogP contribution in [0.2, 0.25) is 10.0 Å². The van der Waals surface area contributed by atoms with Gasteiger partial charge in [-0.25, -0.2) is 20.2 Å². The molecule has 1 fully saturated rings. The average Bonchev–Trinajstić information content (AvgIpc) is 3.09. The number of nitrogens with one attached hydrogen (secondary N) is 4. The molecule has 6 nitrogen and oxygen atoms in total. The van der Waals surface area contributed by atoms with E-state index in [1.807, 2.05) is 0 Å². The Labute approximate surface area is 178 Å². The number of nitrogens with zero attached hydrogens (tertiary/aromatic N) is 1. The van der Waals surface area contributed by atoms with E-state index >= 15 is 0 Å². The van der Waals surface area contributed by atoms with Crippen LogP contribution in [0.4, 0.5) is 23.2 Å². The quantitative estimate of drug-likeness (QED) is 0.314. The van der Waals surface area contributed by atoms with Crippen molar-refractivity contribution in [1.29, 1.82) is 0 Å². The fraction of sp³-hybridized carbons (Fsp3) is 0.222. The summed E-state index contributed by atoms with van der Waals surface area (Å²) in [6, 6.07) is 7.76. The van der Waals surface area contributed by atoms with Crippen LogP contribution < -0.4 is 21.5 Å². The molecule has 0 radical (unpaired) electrons. The number of hydrogen-bond acceptors (Lipinski definition) is 4. The van der Waals surface area contributed by atoms with Gasteiger partial charge in [-0.2, -0.15) is 13.2 Å². The number of alkyl halides is 3. The zero-order chi connectivity index (χ0) is 21.9. The first-order valence-electron chi connectivity index (χ1n) is 8.56. The van der Waals surface area contributed by atoms with Gasteiger partial charge in [-0.05, 0) is 36.4 Å². The van der Waals surface area contributed by atoms with Gasteiger partial charge in [-0.1, -0.05) is 29.3 Å². The van der Waals surface area contributed by atoms with Crippen LogP contribution in [-0.4, -0.2) is 30.3 Å². The van der Waals surface area contributed by atoms with E-state index in [0.717, 1.165) is 12.1 Å². The lowest BCUT2D eigenvalue weighted by Crippen LogP contribution is -2.42. The Hall–Kier alpha value is -2.40. The number of carbonyl (C=O) groups excluding carboxylic acids is 1. The molecular formula is C18H15Cl2F4N5O. The van der Waals surface area contributed by atoms with E-state index in [1.54, 1.807) is 12.1 Å². The number of aliphatic imine (C=N–C) groups is 1. The lowest BCUT2D eigenvalue weighted by atomic mass is 10.2. The predicted molar refractivity (Wildman–Crippen MR) is 106 cm³/mol. The number of rotatable bonds is 3. The first kappa shape index (κ1) is 22.3. The number of guanidine groups is 1. The maximum Gasteiger partial charge on any atom is 0.405 e. The van der Waals surface area contributed by atoms with Gasteiger partial charge in [0.2, 0.25) is 5.96 Å². The van der Waals surface area contributed by atoms with Crippen molar-refractivity contribution in [3.63, 3.8) is 0 Å². The number of amides is 1. The van der Waals surface area contributed by atoms with Crippen LogP contribution in [0, 0.1) is 5.82 Å². The van der Waals surface area contributed by atoms with Gasteiger partial charge >= 0.3 is 6.18 Å². The Kier molecular flexibility index (Phi) is 6.81. The molecule has 0 bridgehead atoms. The van der Waals surface area contributed by atoms with E-state index < -0.39 is 36.5 Å². The van der Waals surface area contributed by atoms with Crippen LogP contribution in [0.25, 0.3) is 0 Å². The molecule has 12 heteroatoms. The Morgan fingerprint density at radius 2 is 1.87 bits per heavy atom. The number of benzene rings is 2. The van der Waals surface area contributed by atoms with Gasteiger partial charge in [0, 0.05) is 27.7 Å². The smallest absolute Gasteiger partial charge is 0.326 e. The van der Waals surface area contributed by atoms with Crippen molar-refractivity contribution in [2.75, 3.05) is 5.32 Å². The number of anilines is 1. The number of hydrogen-bond donors (Lipinski definition) is 4. The predicted octanol–water partition coefficient (Wildman–Crippen LogP) is 4.09. The van der Waals surface area contributed by atoms with Crippen LogP contribution >= 0.6 is 23.2 Å². The lowest BCUT2D eigenvalue weighted by Gasteiger charge is -2.15. The standard InChI is InChI=1S/C18H15Cl2F4N5O/c19-10-3-1-2-9(4-10)16(30)27-17(25-13-6-11(20)5-12(21)7-13)26-15-8-14(28-29-15)18(22,23)24/h1-7,14-15,28-29H,8H2,(H2,25,26,27,30). The lowest BCUT2D eigenvalue weighted by molar-refractivity contribution is -0.152. The molecule has 160 valence electrons.